The molecule has 0 aliphatic carbocycles. The van der Waals surface area contributed by atoms with Gasteiger partial charge in [0.05, 0.1) is 13.2 Å². The monoisotopic (exact) mass is 291 g/mol. The van der Waals surface area contributed by atoms with E-state index in [2.05, 4.69) is 6.58 Å². The first-order valence-corrected chi connectivity index (χ1v) is 7.11. The molecule has 3 nitrogen and oxygen atoms in total. The number of anilines is 1. The number of rotatable bonds is 4. The van der Waals surface area contributed by atoms with Gasteiger partial charge in [-0.2, -0.15) is 0 Å². The molecule has 1 saturated heterocycles. The Balaban J connectivity index is 2.00. The molecule has 0 radical (unpaired) electrons. The first-order valence-electron chi connectivity index (χ1n) is 7.11. The number of carbonyl (C=O) groups excluding carboxylic acids is 1. The minimum absolute atomic E-state index is 0.0129. The maximum atomic E-state index is 12.5. The van der Waals surface area contributed by atoms with Gasteiger partial charge in [-0.3, -0.25) is 9.69 Å². The molecule has 0 saturated carbocycles. The van der Waals surface area contributed by atoms with E-state index in [1.54, 1.807) is 24.2 Å². The highest BCUT2D eigenvalue weighted by molar-refractivity contribution is 6.15. The van der Waals surface area contributed by atoms with Gasteiger partial charge in [-0.15, -0.1) is 0 Å². The van der Waals surface area contributed by atoms with Gasteiger partial charge in [-0.25, -0.2) is 0 Å². The van der Waals surface area contributed by atoms with E-state index in [0.717, 1.165) is 22.6 Å². The quantitative estimate of drug-likeness (QED) is 0.631. The summed E-state index contributed by atoms with van der Waals surface area (Å²) in [6, 6.07) is 17.5. The zero-order valence-corrected chi connectivity index (χ0v) is 12.4. The van der Waals surface area contributed by atoms with Gasteiger partial charge in [0.1, 0.15) is 5.75 Å². The Morgan fingerprint density at radius 1 is 1.09 bits per heavy atom. The molecule has 1 aliphatic rings. The van der Waals surface area contributed by atoms with Gasteiger partial charge in [-0.05, 0) is 29.8 Å². The van der Waals surface area contributed by atoms with Gasteiger partial charge in [0.15, 0.2) is 0 Å². The molecule has 1 amide bonds. The lowest BCUT2D eigenvalue weighted by molar-refractivity contribution is -0.119. The molecule has 3 rings (SSSR count). The molecule has 2 aromatic carbocycles. The van der Waals surface area contributed by atoms with E-state index < -0.39 is 0 Å². The summed E-state index contributed by atoms with van der Waals surface area (Å²) in [7, 11) is 1.63. The number of ether oxygens (including phenoxy) is 1. The molecule has 110 valence electrons. The number of amides is 1. The fraction of sp³-hybridized carbons (Fsp3) is 0.105. The molecule has 1 atom stereocenters. The van der Waals surface area contributed by atoms with Gasteiger partial charge in [0.2, 0.25) is 0 Å². The van der Waals surface area contributed by atoms with Crippen LogP contribution in [0.25, 0.3) is 0 Å². The Labute approximate surface area is 130 Å². The van der Waals surface area contributed by atoms with E-state index in [0.29, 0.717) is 0 Å². The van der Waals surface area contributed by atoms with Crippen LogP contribution in [0.15, 0.2) is 78.9 Å². The number of β-lactam (4-membered cyclic amide) rings is 1. The summed E-state index contributed by atoms with van der Waals surface area (Å²) in [5, 5.41) is 0. The summed E-state index contributed by atoms with van der Waals surface area (Å²) >= 11 is 0. The van der Waals surface area contributed by atoms with E-state index in [4.69, 9.17) is 4.74 Å². The van der Waals surface area contributed by atoms with Gasteiger partial charge < -0.3 is 4.74 Å². The van der Waals surface area contributed by atoms with Crippen LogP contribution in [0, 0.1) is 0 Å². The van der Waals surface area contributed by atoms with Gasteiger partial charge in [0.25, 0.3) is 5.91 Å². The zero-order valence-electron chi connectivity index (χ0n) is 12.4. The molecule has 0 bridgehead atoms. The maximum absolute atomic E-state index is 12.5. The molecule has 0 N–H and O–H groups in total. The second-order valence-electron chi connectivity index (χ2n) is 5.04. The van der Waals surface area contributed by atoms with Crippen molar-refractivity contribution in [3.63, 3.8) is 0 Å². The van der Waals surface area contributed by atoms with Crippen molar-refractivity contribution in [3.8, 4) is 5.75 Å². The lowest BCUT2D eigenvalue weighted by Gasteiger charge is -2.43. The average molecular weight is 291 g/mol. The Hall–Kier alpha value is -2.81. The van der Waals surface area contributed by atoms with Crippen molar-refractivity contribution in [1.29, 1.82) is 0 Å². The molecular formula is C19H17NO2. The summed E-state index contributed by atoms with van der Waals surface area (Å²) < 4.78 is 5.17. The van der Waals surface area contributed by atoms with Gasteiger partial charge in [-0.1, -0.05) is 49.1 Å². The Morgan fingerprint density at radius 2 is 1.77 bits per heavy atom. The number of allylic oxidation sites excluding steroid dienone is 2. The fourth-order valence-corrected chi connectivity index (χ4v) is 2.71. The fourth-order valence-electron chi connectivity index (χ4n) is 2.71. The SMILES string of the molecule is C=C/C=C1/C(=O)N(c2ccc(OC)cc2)[C@@H]1c1ccccc1. The van der Waals surface area contributed by atoms with Crippen molar-refractivity contribution in [2.75, 3.05) is 12.0 Å². The van der Waals surface area contributed by atoms with E-state index in [-0.39, 0.29) is 11.9 Å². The summed E-state index contributed by atoms with van der Waals surface area (Å²) in [6.07, 6.45) is 3.45. The topological polar surface area (TPSA) is 29.5 Å². The first kappa shape index (κ1) is 14.1. The highest BCUT2D eigenvalue weighted by Gasteiger charge is 2.43. The predicted octanol–water partition coefficient (Wildman–Crippen LogP) is 3.90. The van der Waals surface area contributed by atoms with Crippen LogP contribution in [0.1, 0.15) is 11.6 Å². The average Bonchev–Trinajstić information content (AvgIpc) is 2.58. The third kappa shape index (κ3) is 2.31. The second-order valence-corrected chi connectivity index (χ2v) is 5.04. The second kappa shape index (κ2) is 5.90. The van der Waals surface area contributed by atoms with Gasteiger partial charge in [0, 0.05) is 11.3 Å². The predicted molar refractivity (Wildman–Crippen MR) is 87.9 cm³/mol. The summed E-state index contributed by atoms with van der Waals surface area (Å²) in [5.41, 5.74) is 2.71. The smallest absolute Gasteiger partial charge is 0.257 e. The van der Waals surface area contributed by atoms with Crippen LogP contribution >= 0.6 is 0 Å². The highest BCUT2D eigenvalue weighted by Crippen LogP contribution is 2.43. The number of carbonyl (C=O) groups is 1. The third-order valence-corrected chi connectivity index (χ3v) is 3.78. The van der Waals surface area contributed by atoms with Crippen LogP contribution in [0.4, 0.5) is 5.69 Å². The van der Waals surface area contributed by atoms with Crippen molar-refractivity contribution in [2.45, 2.75) is 6.04 Å². The first-order chi connectivity index (χ1) is 10.8. The maximum Gasteiger partial charge on any atom is 0.257 e. The number of hydrogen-bond acceptors (Lipinski definition) is 2. The molecule has 1 aliphatic heterocycles. The number of benzene rings is 2. The van der Waals surface area contributed by atoms with Crippen molar-refractivity contribution in [2.24, 2.45) is 0 Å². The summed E-state index contributed by atoms with van der Waals surface area (Å²) in [6.45, 7) is 3.70. The van der Waals surface area contributed by atoms with Crippen LogP contribution in [0.3, 0.4) is 0 Å². The zero-order chi connectivity index (χ0) is 15.5. The van der Waals surface area contributed by atoms with E-state index in [1.165, 1.54) is 0 Å². The normalized spacial score (nSPS) is 19.0. The van der Waals surface area contributed by atoms with Crippen LogP contribution in [-0.4, -0.2) is 13.0 Å². The minimum atomic E-state index is -0.0694. The summed E-state index contributed by atoms with van der Waals surface area (Å²) in [5.74, 6) is 0.786. The van der Waals surface area contributed by atoms with Crippen molar-refractivity contribution >= 4 is 11.6 Å². The highest BCUT2D eigenvalue weighted by atomic mass is 16.5. The summed E-state index contributed by atoms with van der Waals surface area (Å²) in [4.78, 5) is 14.3. The van der Waals surface area contributed by atoms with Crippen LogP contribution in [0.2, 0.25) is 0 Å². The van der Waals surface area contributed by atoms with Gasteiger partial charge >= 0.3 is 0 Å². The minimum Gasteiger partial charge on any atom is -0.497 e. The number of methoxy groups -OCH3 is 1. The number of nitrogens with zero attached hydrogens (tertiary/aromatic N) is 1. The van der Waals surface area contributed by atoms with E-state index in [9.17, 15) is 4.79 Å². The van der Waals surface area contributed by atoms with Crippen molar-refractivity contribution in [3.05, 3.63) is 84.5 Å². The molecule has 0 aromatic heterocycles. The number of hydrogen-bond donors (Lipinski definition) is 0. The molecular weight excluding hydrogens is 274 g/mol. The standard InChI is InChI=1S/C19H17NO2/c1-3-7-17-18(14-8-5-4-6-9-14)20(19(17)21)15-10-12-16(22-2)13-11-15/h3-13,18H,1H2,2H3/b17-7+/t18-/m1/s1. The Kier molecular flexibility index (Phi) is 3.79. The van der Waals surface area contributed by atoms with E-state index >= 15 is 0 Å². The third-order valence-electron chi connectivity index (χ3n) is 3.78. The van der Waals surface area contributed by atoms with Crippen LogP contribution in [0.5, 0.6) is 5.75 Å². The van der Waals surface area contributed by atoms with E-state index in [1.807, 2.05) is 54.6 Å². The van der Waals surface area contributed by atoms with Crippen molar-refractivity contribution in [1.82, 2.24) is 0 Å². The largest absolute Gasteiger partial charge is 0.497 e. The molecule has 3 heteroatoms. The molecule has 1 heterocycles. The molecule has 22 heavy (non-hydrogen) atoms. The lowest BCUT2D eigenvalue weighted by Crippen LogP contribution is -2.49. The molecule has 0 unspecified atom stereocenters. The Bertz CT molecular complexity index is 717. The molecule has 1 fully saturated rings. The lowest BCUT2D eigenvalue weighted by atomic mass is 9.87. The molecule has 0 spiro atoms. The Morgan fingerprint density at radius 3 is 2.36 bits per heavy atom. The van der Waals surface area contributed by atoms with Crippen LogP contribution < -0.4 is 9.64 Å². The van der Waals surface area contributed by atoms with Crippen molar-refractivity contribution < 1.29 is 9.53 Å². The van der Waals surface area contributed by atoms with Crippen LogP contribution in [-0.2, 0) is 4.79 Å². The molecule has 2 aromatic rings.